The van der Waals surface area contributed by atoms with E-state index in [1.54, 1.807) is 0 Å². The number of hydrogen-bond donors (Lipinski definition) is 2. The molecule has 2 fully saturated rings. The SMILES string of the molecule is CN=C(NCCCOCC1CCCO1)NCC(C(C)C)N1CCN(C)CC1.I. The predicted molar refractivity (Wildman–Crippen MR) is 127 cm³/mol. The molecule has 2 heterocycles. The van der Waals surface area contributed by atoms with Gasteiger partial charge >= 0.3 is 0 Å². The Morgan fingerprint density at radius 1 is 1.21 bits per heavy atom. The molecule has 7 nitrogen and oxygen atoms in total. The van der Waals surface area contributed by atoms with Crippen LogP contribution in [0.25, 0.3) is 0 Å². The lowest BCUT2D eigenvalue weighted by Crippen LogP contribution is -2.55. The maximum absolute atomic E-state index is 5.71. The van der Waals surface area contributed by atoms with E-state index in [9.17, 15) is 0 Å². The molecule has 166 valence electrons. The molecule has 0 saturated carbocycles. The number of ether oxygens (including phenoxy) is 2. The molecule has 0 aromatic rings. The molecule has 2 atom stereocenters. The highest BCUT2D eigenvalue weighted by molar-refractivity contribution is 14.0. The van der Waals surface area contributed by atoms with Gasteiger partial charge < -0.3 is 25.0 Å². The third kappa shape index (κ3) is 9.56. The quantitative estimate of drug-likeness (QED) is 0.201. The fourth-order valence-electron chi connectivity index (χ4n) is 3.73. The van der Waals surface area contributed by atoms with E-state index in [1.165, 1.54) is 6.42 Å². The van der Waals surface area contributed by atoms with Crippen molar-refractivity contribution in [3.63, 3.8) is 0 Å². The van der Waals surface area contributed by atoms with Gasteiger partial charge in [-0.2, -0.15) is 0 Å². The zero-order chi connectivity index (χ0) is 19.5. The van der Waals surface area contributed by atoms with Crippen molar-refractivity contribution in [2.75, 3.05) is 73.2 Å². The fourth-order valence-corrected chi connectivity index (χ4v) is 3.73. The van der Waals surface area contributed by atoms with E-state index in [-0.39, 0.29) is 24.0 Å². The average molecular weight is 511 g/mol. The number of nitrogens with one attached hydrogen (secondary N) is 2. The molecular weight excluding hydrogens is 469 g/mol. The number of aliphatic imine (C=N–C) groups is 1. The van der Waals surface area contributed by atoms with Crippen molar-refractivity contribution in [3.8, 4) is 0 Å². The molecular formula is C20H42IN5O2. The highest BCUT2D eigenvalue weighted by Crippen LogP contribution is 2.13. The molecule has 0 bridgehead atoms. The van der Waals surface area contributed by atoms with Gasteiger partial charge in [0.2, 0.25) is 0 Å². The minimum absolute atomic E-state index is 0. The lowest BCUT2D eigenvalue weighted by atomic mass is 10.0. The third-order valence-corrected chi connectivity index (χ3v) is 5.56. The second-order valence-electron chi connectivity index (χ2n) is 8.09. The van der Waals surface area contributed by atoms with Crippen molar-refractivity contribution < 1.29 is 9.47 Å². The molecule has 0 radical (unpaired) electrons. The molecule has 2 N–H and O–H groups in total. The molecule has 2 unspecified atom stereocenters. The molecule has 0 spiro atoms. The van der Waals surface area contributed by atoms with Crippen LogP contribution in [0.1, 0.15) is 33.1 Å². The van der Waals surface area contributed by atoms with Gasteiger partial charge in [-0.3, -0.25) is 9.89 Å². The number of piperazine rings is 1. The number of rotatable bonds is 10. The van der Waals surface area contributed by atoms with E-state index in [0.29, 0.717) is 18.1 Å². The van der Waals surface area contributed by atoms with Gasteiger partial charge in [0.05, 0.1) is 12.7 Å². The summed E-state index contributed by atoms with van der Waals surface area (Å²) in [6, 6.07) is 0.534. The van der Waals surface area contributed by atoms with Crippen LogP contribution in [0.3, 0.4) is 0 Å². The molecule has 0 aliphatic carbocycles. The Hall–Kier alpha value is -0.160. The van der Waals surface area contributed by atoms with Gasteiger partial charge in [0.1, 0.15) is 0 Å². The van der Waals surface area contributed by atoms with E-state index >= 15 is 0 Å². The van der Waals surface area contributed by atoms with Crippen molar-refractivity contribution in [3.05, 3.63) is 0 Å². The highest BCUT2D eigenvalue weighted by Gasteiger charge is 2.25. The fraction of sp³-hybridized carbons (Fsp3) is 0.950. The van der Waals surface area contributed by atoms with Gasteiger partial charge in [-0.1, -0.05) is 13.8 Å². The number of guanidine groups is 1. The molecule has 28 heavy (non-hydrogen) atoms. The van der Waals surface area contributed by atoms with Crippen LogP contribution in [0.2, 0.25) is 0 Å². The molecule has 2 saturated heterocycles. The van der Waals surface area contributed by atoms with Gasteiger partial charge in [0, 0.05) is 65.6 Å². The first-order valence-corrected chi connectivity index (χ1v) is 10.7. The lowest BCUT2D eigenvalue weighted by molar-refractivity contribution is 0.0168. The lowest BCUT2D eigenvalue weighted by Gasteiger charge is -2.40. The molecule has 2 aliphatic heterocycles. The molecule has 0 aromatic heterocycles. The number of hydrogen-bond acceptors (Lipinski definition) is 5. The molecule has 2 aliphatic rings. The predicted octanol–water partition coefficient (Wildman–Crippen LogP) is 1.63. The zero-order valence-corrected chi connectivity index (χ0v) is 20.6. The summed E-state index contributed by atoms with van der Waals surface area (Å²) in [5.74, 6) is 1.50. The summed E-state index contributed by atoms with van der Waals surface area (Å²) >= 11 is 0. The Balaban J connectivity index is 0.00000392. The van der Waals surface area contributed by atoms with Crippen LogP contribution >= 0.6 is 24.0 Å². The summed E-state index contributed by atoms with van der Waals surface area (Å²) < 4.78 is 11.3. The topological polar surface area (TPSA) is 61.4 Å². The summed E-state index contributed by atoms with van der Waals surface area (Å²) in [4.78, 5) is 9.38. The average Bonchev–Trinajstić information content (AvgIpc) is 3.17. The van der Waals surface area contributed by atoms with Crippen molar-refractivity contribution in [2.45, 2.75) is 45.3 Å². The Kier molecular flexibility index (Phi) is 13.6. The van der Waals surface area contributed by atoms with Crippen LogP contribution in [0, 0.1) is 5.92 Å². The maximum Gasteiger partial charge on any atom is 0.191 e. The van der Waals surface area contributed by atoms with Crippen LogP contribution in [0.4, 0.5) is 0 Å². The first-order chi connectivity index (χ1) is 13.1. The van der Waals surface area contributed by atoms with E-state index in [1.807, 2.05) is 7.05 Å². The summed E-state index contributed by atoms with van der Waals surface area (Å²) in [6.07, 6.45) is 3.59. The molecule has 2 rings (SSSR count). The van der Waals surface area contributed by atoms with E-state index in [0.717, 1.165) is 77.9 Å². The second kappa shape index (κ2) is 14.8. The van der Waals surface area contributed by atoms with Gasteiger partial charge in [-0.25, -0.2) is 0 Å². The first-order valence-electron chi connectivity index (χ1n) is 10.7. The van der Waals surface area contributed by atoms with Gasteiger partial charge in [0.25, 0.3) is 0 Å². The number of likely N-dealkylation sites (N-methyl/N-ethyl adjacent to an activating group) is 1. The van der Waals surface area contributed by atoms with Gasteiger partial charge in [0.15, 0.2) is 5.96 Å². The zero-order valence-electron chi connectivity index (χ0n) is 18.3. The van der Waals surface area contributed by atoms with E-state index in [4.69, 9.17) is 9.47 Å². The first kappa shape index (κ1) is 25.9. The van der Waals surface area contributed by atoms with Crippen molar-refractivity contribution in [1.82, 2.24) is 20.4 Å². The standard InChI is InChI=1S/C20H41N5O2.HI/c1-17(2)19(25-11-9-24(4)10-12-25)15-23-20(21-3)22-8-6-13-26-16-18-7-5-14-27-18;/h17-19H,5-16H2,1-4H3,(H2,21,22,23);1H. The Morgan fingerprint density at radius 3 is 2.57 bits per heavy atom. The number of nitrogens with zero attached hydrogens (tertiary/aromatic N) is 3. The molecule has 0 aromatic carbocycles. The van der Waals surface area contributed by atoms with Crippen molar-refractivity contribution >= 4 is 29.9 Å². The minimum atomic E-state index is 0. The van der Waals surface area contributed by atoms with Crippen LogP contribution < -0.4 is 10.6 Å². The Morgan fingerprint density at radius 2 is 1.96 bits per heavy atom. The van der Waals surface area contributed by atoms with E-state index in [2.05, 4.69) is 46.3 Å². The largest absolute Gasteiger partial charge is 0.379 e. The summed E-state index contributed by atoms with van der Waals surface area (Å²) in [6.45, 7) is 13.4. The maximum atomic E-state index is 5.71. The third-order valence-electron chi connectivity index (χ3n) is 5.56. The van der Waals surface area contributed by atoms with Crippen LogP contribution in [0.5, 0.6) is 0 Å². The van der Waals surface area contributed by atoms with Crippen molar-refractivity contribution in [2.24, 2.45) is 10.9 Å². The van der Waals surface area contributed by atoms with Gasteiger partial charge in [-0.15, -0.1) is 24.0 Å². The van der Waals surface area contributed by atoms with Crippen LogP contribution in [-0.2, 0) is 9.47 Å². The molecule has 0 amide bonds. The smallest absolute Gasteiger partial charge is 0.191 e. The Bertz CT molecular complexity index is 425. The Labute approximate surface area is 189 Å². The normalized spacial score (nSPS) is 22.9. The van der Waals surface area contributed by atoms with Crippen molar-refractivity contribution in [1.29, 1.82) is 0 Å². The summed E-state index contributed by atoms with van der Waals surface area (Å²) in [7, 11) is 4.04. The van der Waals surface area contributed by atoms with Gasteiger partial charge in [-0.05, 0) is 32.2 Å². The van der Waals surface area contributed by atoms with Crippen LogP contribution in [-0.4, -0.2) is 101 Å². The number of halogens is 1. The monoisotopic (exact) mass is 511 g/mol. The molecule has 8 heteroatoms. The second-order valence-corrected chi connectivity index (χ2v) is 8.09. The van der Waals surface area contributed by atoms with E-state index < -0.39 is 0 Å². The summed E-state index contributed by atoms with van der Waals surface area (Å²) in [5.41, 5.74) is 0. The summed E-state index contributed by atoms with van der Waals surface area (Å²) in [5, 5.41) is 6.92. The highest BCUT2D eigenvalue weighted by atomic mass is 127. The van der Waals surface area contributed by atoms with Crippen LogP contribution in [0.15, 0.2) is 4.99 Å². The minimum Gasteiger partial charge on any atom is -0.379 e.